The molecule has 0 spiro atoms. The van der Waals surface area contributed by atoms with E-state index in [1.165, 1.54) is 45.2 Å². The molecule has 3 unspecified atom stereocenters. The lowest BCUT2D eigenvalue weighted by atomic mass is 9.59. The van der Waals surface area contributed by atoms with Gasteiger partial charge in [0.15, 0.2) is 0 Å². The van der Waals surface area contributed by atoms with Crippen molar-refractivity contribution in [3.63, 3.8) is 0 Å². The summed E-state index contributed by atoms with van der Waals surface area (Å²) < 4.78 is 0. The van der Waals surface area contributed by atoms with Gasteiger partial charge in [0.25, 0.3) is 0 Å². The Labute approximate surface area is 123 Å². The molecule has 1 heterocycles. The zero-order valence-electron chi connectivity index (χ0n) is 12.9. The molecule has 0 radical (unpaired) electrons. The van der Waals surface area contributed by atoms with Gasteiger partial charge in [0.05, 0.1) is 0 Å². The van der Waals surface area contributed by atoms with Crippen molar-refractivity contribution in [3.05, 3.63) is 35.4 Å². The van der Waals surface area contributed by atoms with Crippen LogP contribution in [-0.2, 0) is 11.8 Å². The van der Waals surface area contributed by atoms with Gasteiger partial charge in [-0.05, 0) is 60.6 Å². The van der Waals surface area contributed by atoms with Crippen LogP contribution in [-0.4, -0.2) is 24.0 Å². The molecule has 1 saturated carbocycles. The Morgan fingerprint density at radius 3 is 2.80 bits per heavy atom. The third-order valence-corrected chi connectivity index (χ3v) is 6.75. The third kappa shape index (κ3) is 1.79. The Morgan fingerprint density at radius 2 is 2.05 bits per heavy atom. The first kappa shape index (κ1) is 12.9. The molecule has 1 aromatic rings. The summed E-state index contributed by atoms with van der Waals surface area (Å²) in [6, 6.07) is 10.0. The minimum absolute atomic E-state index is 0.412. The maximum atomic E-state index is 2.84. The Kier molecular flexibility index (Phi) is 2.96. The lowest BCUT2D eigenvalue weighted by molar-refractivity contribution is 0.0123. The first-order valence-corrected chi connectivity index (χ1v) is 8.51. The van der Waals surface area contributed by atoms with Gasteiger partial charge in [0.2, 0.25) is 0 Å². The van der Waals surface area contributed by atoms with Gasteiger partial charge in [-0.25, -0.2) is 0 Å². The van der Waals surface area contributed by atoms with E-state index in [2.05, 4.69) is 43.0 Å². The van der Waals surface area contributed by atoms with Gasteiger partial charge in [-0.15, -0.1) is 0 Å². The van der Waals surface area contributed by atoms with Crippen molar-refractivity contribution in [3.8, 4) is 0 Å². The molecule has 0 amide bonds. The van der Waals surface area contributed by atoms with E-state index < -0.39 is 0 Å². The maximum Gasteiger partial charge on any atom is 0.0170 e. The fourth-order valence-electron chi connectivity index (χ4n) is 4.91. The van der Waals surface area contributed by atoms with Gasteiger partial charge in [0.1, 0.15) is 0 Å². The van der Waals surface area contributed by atoms with Crippen LogP contribution in [0.25, 0.3) is 0 Å². The Bertz CT molecular complexity index is 504. The van der Waals surface area contributed by atoms with Crippen LogP contribution in [0.3, 0.4) is 0 Å². The molecule has 1 aromatic carbocycles. The lowest BCUT2D eigenvalue weighted by Crippen LogP contribution is -2.58. The molecule has 20 heavy (non-hydrogen) atoms. The summed E-state index contributed by atoms with van der Waals surface area (Å²) in [6.45, 7) is 7.71. The van der Waals surface area contributed by atoms with Crippen LogP contribution in [0.2, 0.25) is 0 Å². The highest BCUT2D eigenvalue weighted by Crippen LogP contribution is 2.48. The second-order valence-electron chi connectivity index (χ2n) is 7.68. The zero-order chi connectivity index (χ0) is 13.7. The molecule has 2 aliphatic carbocycles. The topological polar surface area (TPSA) is 3.24 Å². The molecule has 108 valence electrons. The molecule has 1 heteroatoms. The Balaban J connectivity index is 1.65. The quantitative estimate of drug-likeness (QED) is 0.784. The van der Waals surface area contributed by atoms with Gasteiger partial charge in [-0.2, -0.15) is 0 Å². The first-order valence-electron chi connectivity index (χ1n) is 8.51. The summed E-state index contributed by atoms with van der Waals surface area (Å²) in [5, 5.41) is 0. The van der Waals surface area contributed by atoms with Crippen LogP contribution in [0.1, 0.15) is 50.7 Å². The average molecular weight is 269 g/mol. The van der Waals surface area contributed by atoms with E-state index in [0.717, 1.165) is 17.9 Å². The van der Waals surface area contributed by atoms with Gasteiger partial charge in [0, 0.05) is 12.6 Å². The van der Waals surface area contributed by atoms with Crippen LogP contribution < -0.4 is 0 Å². The molecule has 0 aromatic heterocycles. The standard InChI is InChI=1S/C19H27N/c1-14-18-12-16-8-3-4-9-17(16)19(14,2)10-11-20(18)13-15-6-5-7-15/h3-4,8-9,14-15,18H,5-7,10-13H2,1-2H3. The predicted molar refractivity (Wildman–Crippen MR) is 84.0 cm³/mol. The van der Waals surface area contributed by atoms with Gasteiger partial charge >= 0.3 is 0 Å². The number of piperidine rings is 1. The summed E-state index contributed by atoms with van der Waals surface area (Å²) >= 11 is 0. The molecular weight excluding hydrogens is 242 g/mol. The molecule has 3 aliphatic rings. The van der Waals surface area contributed by atoms with Crippen LogP contribution in [0.15, 0.2) is 24.3 Å². The molecule has 2 fully saturated rings. The largest absolute Gasteiger partial charge is 0.299 e. The number of rotatable bonds is 2. The van der Waals surface area contributed by atoms with Crippen molar-refractivity contribution in [2.45, 2.75) is 57.4 Å². The summed E-state index contributed by atoms with van der Waals surface area (Å²) in [7, 11) is 0. The second kappa shape index (κ2) is 4.59. The van der Waals surface area contributed by atoms with Gasteiger partial charge in [-0.3, -0.25) is 4.90 Å². The van der Waals surface area contributed by atoms with Gasteiger partial charge < -0.3 is 0 Å². The predicted octanol–water partition coefficient (Wildman–Crippen LogP) is 4.01. The highest BCUT2D eigenvalue weighted by molar-refractivity contribution is 5.39. The number of hydrogen-bond donors (Lipinski definition) is 0. The number of nitrogens with zero attached hydrogens (tertiary/aromatic N) is 1. The summed E-state index contributed by atoms with van der Waals surface area (Å²) in [6.07, 6.45) is 7.05. The molecule has 0 N–H and O–H groups in total. The van der Waals surface area contributed by atoms with E-state index >= 15 is 0 Å². The molecule has 1 saturated heterocycles. The maximum absolute atomic E-state index is 2.84. The number of likely N-dealkylation sites (tertiary alicyclic amines) is 1. The first-order chi connectivity index (χ1) is 9.68. The van der Waals surface area contributed by atoms with E-state index in [0.29, 0.717) is 5.41 Å². The Hall–Kier alpha value is -0.820. The fourth-order valence-corrected chi connectivity index (χ4v) is 4.91. The van der Waals surface area contributed by atoms with Gasteiger partial charge in [-0.1, -0.05) is 44.5 Å². The molecule has 2 bridgehead atoms. The van der Waals surface area contributed by atoms with Crippen LogP contribution in [0.4, 0.5) is 0 Å². The monoisotopic (exact) mass is 269 g/mol. The number of benzene rings is 1. The summed E-state index contributed by atoms with van der Waals surface area (Å²) in [5.74, 6) is 1.80. The molecule has 3 atom stereocenters. The Morgan fingerprint density at radius 1 is 1.25 bits per heavy atom. The van der Waals surface area contributed by atoms with E-state index in [-0.39, 0.29) is 0 Å². The van der Waals surface area contributed by atoms with Crippen LogP contribution >= 0.6 is 0 Å². The van der Waals surface area contributed by atoms with E-state index in [1.807, 2.05) is 0 Å². The molecule has 1 nitrogen and oxygen atoms in total. The van der Waals surface area contributed by atoms with Crippen molar-refractivity contribution in [2.75, 3.05) is 13.1 Å². The normalized spacial score (nSPS) is 37.3. The number of fused-ring (bicyclic) bond motifs is 4. The minimum Gasteiger partial charge on any atom is -0.299 e. The second-order valence-corrected chi connectivity index (χ2v) is 7.68. The van der Waals surface area contributed by atoms with E-state index in [4.69, 9.17) is 0 Å². The van der Waals surface area contributed by atoms with Crippen molar-refractivity contribution < 1.29 is 0 Å². The van der Waals surface area contributed by atoms with Crippen LogP contribution in [0, 0.1) is 11.8 Å². The van der Waals surface area contributed by atoms with Crippen molar-refractivity contribution in [2.24, 2.45) is 11.8 Å². The fraction of sp³-hybridized carbons (Fsp3) is 0.684. The number of hydrogen-bond acceptors (Lipinski definition) is 1. The lowest BCUT2D eigenvalue weighted by Gasteiger charge is -2.55. The highest BCUT2D eigenvalue weighted by atomic mass is 15.2. The van der Waals surface area contributed by atoms with Crippen molar-refractivity contribution >= 4 is 0 Å². The van der Waals surface area contributed by atoms with Crippen molar-refractivity contribution in [1.29, 1.82) is 0 Å². The summed E-state index contributed by atoms with van der Waals surface area (Å²) in [5.41, 5.74) is 3.68. The molecule has 4 rings (SSSR count). The summed E-state index contributed by atoms with van der Waals surface area (Å²) in [4.78, 5) is 2.84. The third-order valence-electron chi connectivity index (χ3n) is 6.75. The van der Waals surface area contributed by atoms with Crippen LogP contribution in [0.5, 0.6) is 0 Å². The minimum atomic E-state index is 0.412. The molecular formula is C19H27N. The van der Waals surface area contributed by atoms with E-state index in [9.17, 15) is 0 Å². The smallest absolute Gasteiger partial charge is 0.0170 e. The zero-order valence-corrected chi connectivity index (χ0v) is 12.9. The average Bonchev–Trinajstić information content (AvgIpc) is 2.40. The molecule has 1 aliphatic heterocycles. The van der Waals surface area contributed by atoms with Crippen molar-refractivity contribution in [1.82, 2.24) is 4.90 Å². The SMILES string of the molecule is CC1C2Cc3ccccc3C1(C)CCN2CC1CCC1. The highest BCUT2D eigenvalue weighted by Gasteiger charge is 2.48. The van der Waals surface area contributed by atoms with E-state index in [1.54, 1.807) is 11.1 Å².